The summed E-state index contributed by atoms with van der Waals surface area (Å²) in [5.41, 5.74) is 0.683. The minimum atomic E-state index is 0.0759. The second kappa shape index (κ2) is 6.25. The predicted molar refractivity (Wildman–Crippen MR) is 81.8 cm³/mol. The molecule has 1 heterocycles. The van der Waals surface area contributed by atoms with Crippen molar-refractivity contribution in [2.75, 3.05) is 26.2 Å². The molecule has 0 N–H and O–H groups in total. The van der Waals surface area contributed by atoms with Crippen molar-refractivity contribution >= 4 is 33.4 Å². The second-order valence-electron chi connectivity index (χ2n) is 5.05. The number of piperazine rings is 1. The summed E-state index contributed by atoms with van der Waals surface area (Å²) in [5.74, 6) is 0.0759. The van der Waals surface area contributed by atoms with Crippen LogP contribution in [-0.4, -0.2) is 47.9 Å². The number of rotatable bonds is 2. The topological polar surface area (TPSA) is 23.6 Å². The van der Waals surface area contributed by atoms with E-state index in [2.05, 4.69) is 34.7 Å². The van der Waals surface area contributed by atoms with E-state index < -0.39 is 0 Å². The lowest BCUT2D eigenvalue weighted by Gasteiger charge is -2.37. The summed E-state index contributed by atoms with van der Waals surface area (Å²) in [6.45, 7) is 7.82. The molecule has 1 aliphatic heterocycles. The minimum Gasteiger partial charge on any atom is -0.336 e. The van der Waals surface area contributed by atoms with Crippen LogP contribution in [-0.2, 0) is 0 Å². The van der Waals surface area contributed by atoms with Crippen LogP contribution in [0.25, 0.3) is 0 Å². The number of hydrogen-bond donors (Lipinski definition) is 0. The van der Waals surface area contributed by atoms with E-state index in [1.807, 2.05) is 4.90 Å². The third kappa shape index (κ3) is 3.50. The molecule has 0 atom stereocenters. The van der Waals surface area contributed by atoms with Gasteiger partial charge in [0, 0.05) is 41.7 Å². The first-order valence-electron chi connectivity index (χ1n) is 6.47. The smallest absolute Gasteiger partial charge is 0.255 e. The van der Waals surface area contributed by atoms with Crippen LogP contribution in [0.5, 0.6) is 0 Å². The lowest BCUT2D eigenvalue weighted by molar-refractivity contribution is 0.0594. The Balaban J connectivity index is 2.05. The van der Waals surface area contributed by atoms with E-state index in [1.165, 1.54) is 0 Å². The maximum atomic E-state index is 12.4. The molecule has 1 aromatic rings. The fourth-order valence-electron chi connectivity index (χ4n) is 2.27. The van der Waals surface area contributed by atoms with Crippen molar-refractivity contribution < 1.29 is 4.79 Å². The van der Waals surface area contributed by atoms with Crippen LogP contribution in [0.2, 0.25) is 5.02 Å². The fraction of sp³-hybridized carbons (Fsp3) is 0.500. The van der Waals surface area contributed by atoms with E-state index in [1.54, 1.807) is 18.2 Å². The molecule has 1 aromatic carbocycles. The first-order valence-corrected chi connectivity index (χ1v) is 7.64. The Kier molecular flexibility index (Phi) is 4.87. The Morgan fingerprint density at radius 2 is 1.89 bits per heavy atom. The molecule has 0 radical (unpaired) electrons. The number of nitrogens with zero attached hydrogens (tertiary/aromatic N) is 2. The van der Waals surface area contributed by atoms with Gasteiger partial charge in [0.1, 0.15) is 0 Å². The molecule has 0 bridgehead atoms. The monoisotopic (exact) mass is 344 g/mol. The van der Waals surface area contributed by atoms with Crippen molar-refractivity contribution in [1.29, 1.82) is 0 Å². The average Bonchev–Trinajstić information content (AvgIpc) is 2.38. The summed E-state index contributed by atoms with van der Waals surface area (Å²) in [4.78, 5) is 16.7. The molecule has 19 heavy (non-hydrogen) atoms. The molecular weight excluding hydrogens is 328 g/mol. The number of amides is 1. The van der Waals surface area contributed by atoms with Gasteiger partial charge in [-0.3, -0.25) is 9.69 Å². The van der Waals surface area contributed by atoms with Crippen LogP contribution < -0.4 is 0 Å². The number of halogens is 2. The van der Waals surface area contributed by atoms with Crippen LogP contribution in [0.4, 0.5) is 0 Å². The molecule has 2 rings (SSSR count). The maximum absolute atomic E-state index is 12.4. The van der Waals surface area contributed by atoms with Crippen LogP contribution in [0, 0.1) is 0 Å². The Hall–Kier alpha value is -0.580. The normalized spacial score (nSPS) is 17.0. The lowest BCUT2D eigenvalue weighted by atomic mass is 10.1. The number of benzene rings is 1. The van der Waals surface area contributed by atoms with Crippen molar-refractivity contribution in [3.05, 3.63) is 33.3 Å². The molecule has 3 nitrogen and oxygen atoms in total. The SMILES string of the molecule is CC(C)N1CCN(C(=O)c2ccc(Cl)cc2Br)CC1. The first-order chi connectivity index (χ1) is 8.99. The van der Waals surface area contributed by atoms with Gasteiger partial charge < -0.3 is 4.90 Å². The Morgan fingerprint density at radius 3 is 2.42 bits per heavy atom. The van der Waals surface area contributed by atoms with E-state index in [0.717, 1.165) is 30.7 Å². The van der Waals surface area contributed by atoms with Gasteiger partial charge in [-0.15, -0.1) is 0 Å². The molecule has 1 amide bonds. The Labute approximate surface area is 127 Å². The van der Waals surface area contributed by atoms with Crippen LogP contribution >= 0.6 is 27.5 Å². The summed E-state index contributed by atoms with van der Waals surface area (Å²) in [5, 5.41) is 0.632. The Morgan fingerprint density at radius 1 is 1.26 bits per heavy atom. The van der Waals surface area contributed by atoms with Gasteiger partial charge in [-0.05, 0) is 48.0 Å². The average molecular weight is 346 g/mol. The van der Waals surface area contributed by atoms with Crippen LogP contribution in [0.3, 0.4) is 0 Å². The van der Waals surface area contributed by atoms with Gasteiger partial charge in [0.25, 0.3) is 5.91 Å². The molecular formula is C14H18BrClN2O. The lowest BCUT2D eigenvalue weighted by Crippen LogP contribution is -2.50. The van der Waals surface area contributed by atoms with Gasteiger partial charge in [-0.25, -0.2) is 0 Å². The predicted octanol–water partition coefficient (Wildman–Crippen LogP) is 3.27. The molecule has 0 aromatic heterocycles. The number of carbonyl (C=O) groups excluding carboxylic acids is 1. The van der Waals surface area contributed by atoms with Crippen molar-refractivity contribution in [1.82, 2.24) is 9.80 Å². The van der Waals surface area contributed by atoms with Crippen LogP contribution in [0.1, 0.15) is 24.2 Å². The van der Waals surface area contributed by atoms with Gasteiger partial charge in [0.05, 0.1) is 5.56 Å². The molecule has 0 spiro atoms. The van der Waals surface area contributed by atoms with Crippen LogP contribution in [0.15, 0.2) is 22.7 Å². The highest BCUT2D eigenvalue weighted by atomic mass is 79.9. The third-order valence-corrected chi connectivity index (χ3v) is 4.38. The minimum absolute atomic E-state index is 0.0759. The highest BCUT2D eigenvalue weighted by Crippen LogP contribution is 2.23. The third-order valence-electron chi connectivity index (χ3n) is 3.49. The van der Waals surface area contributed by atoms with Crippen molar-refractivity contribution in [2.45, 2.75) is 19.9 Å². The summed E-state index contributed by atoms with van der Waals surface area (Å²) in [7, 11) is 0. The maximum Gasteiger partial charge on any atom is 0.255 e. The van der Waals surface area contributed by atoms with Gasteiger partial charge >= 0.3 is 0 Å². The highest BCUT2D eigenvalue weighted by Gasteiger charge is 2.24. The van der Waals surface area contributed by atoms with Gasteiger partial charge in [0.15, 0.2) is 0 Å². The van der Waals surface area contributed by atoms with E-state index in [0.29, 0.717) is 16.6 Å². The Bertz CT molecular complexity index is 471. The molecule has 104 valence electrons. The fourth-order valence-corrected chi connectivity index (χ4v) is 3.13. The molecule has 1 saturated heterocycles. The molecule has 0 unspecified atom stereocenters. The molecule has 0 saturated carbocycles. The molecule has 1 aliphatic rings. The first kappa shape index (κ1) is 14.8. The van der Waals surface area contributed by atoms with E-state index in [4.69, 9.17) is 11.6 Å². The number of hydrogen-bond acceptors (Lipinski definition) is 2. The van der Waals surface area contributed by atoms with Gasteiger partial charge in [0.2, 0.25) is 0 Å². The van der Waals surface area contributed by atoms with Crippen molar-refractivity contribution in [2.24, 2.45) is 0 Å². The summed E-state index contributed by atoms with van der Waals surface area (Å²) in [6.07, 6.45) is 0. The van der Waals surface area contributed by atoms with E-state index >= 15 is 0 Å². The highest BCUT2D eigenvalue weighted by molar-refractivity contribution is 9.10. The zero-order valence-electron chi connectivity index (χ0n) is 11.2. The summed E-state index contributed by atoms with van der Waals surface area (Å²) in [6, 6.07) is 5.84. The zero-order chi connectivity index (χ0) is 14.0. The second-order valence-corrected chi connectivity index (χ2v) is 6.34. The van der Waals surface area contributed by atoms with E-state index in [-0.39, 0.29) is 5.91 Å². The van der Waals surface area contributed by atoms with Crippen molar-refractivity contribution in [3.63, 3.8) is 0 Å². The summed E-state index contributed by atoms with van der Waals surface area (Å²) < 4.78 is 0.760. The van der Waals surface area contributed by atoms with Crippen molar-refractivity contribution in [3.8, 4) is 0 Å². The standard InChI is InChI=1S/C14H18BrClN2O/c1-10(2)17-5-7-18(8-6-17)14(19)12-4-3-11(16)9-13(12)15/h3-4,9-10H,5-8H2,1-2H3. The number of carbonyl (C=O) groups is 1. The quantitative estimate of drug-likeness (QED) is 0.821. The molecule has 5 heteroatoms. The zero-order valence-corrected chi connectivity index (χ0v) is 13.5. The summed E-state index contributed by atoms with van der Waals surface area (Å²) >= 11 is 9.31. The molecule has 1 fully saturated rings. The van der Waals surface area contributed by atoms with E-state index in [9.17, 15) is 4.79 Å². The largest absolute Gasteiger partial charge is 0.336 e. The molecule has 0 aliphatic carbocycles. The van der Waals surface area contributed by atoms with Gasteiger partial charge in [-0.1, -0.05) is 11.6 Å². The van der Waals surface area contributed by atoms with Gasteiger partial charge in [-0.2, -0.15) is 0 Å².